The summed E-state index contributed by atoms with van der Waals surface area (Å²) in [5.41, 5.74) is 3.56. The fourth-order valence-electron chi connectivity index (χ4n) is 2.56. The molecule has 0 aliphatic carbocycles. The number of halogens is 2. The summed E-state index contributed by atoms with van der Waals surface area (Å²) in [5.74, 6) is -1.04. The van der Waals surface area contributed by atoms with E-state index in [0.717, 1.165) is 16.7 Å². The van der Waals surface area contributed by atoms with Gasteiger partial charge in [-0.05, 0) is 46.5 Å². The Labute approximate surface area is 161 Å². The Hall–Kier alpha value is -2.33. The van der Waals surface area contributed by atoms with Crippen LogP contribution in [0, 0.1) is 0 Å². The third-order valence-electron chi connectivity index (χ3n) is 3.95. The minimum atomic E-state index is -1.04. The van der Waals surface area contributed by atoms with E-state index in [1.54, 1.807) is 24.3 Å². The highest BCUT2D eigenvalue weighted by Crippen LogP contribution is 2.24. The number of ether oxygens (including phenoxy) is 1. The predicted molar refractivity (Wildman–Crippen MR) is 104 cm³/mol. The third-order valence-corrected chi connectivity index (χ3v) is 4.45. The van der Waals surface area contributed by atoms with E-state index in [4.69, 9.17) is 27.9 Å². The monoisotopic (exact) mass is 386 g/mol. The SMILES string of the molecule is O=C(O)C(OCc1ccc(-c2ccc(Cl)cc2)cc1)c1ccc(Cl)cc1. The molecule has 5 heteroatoms. The number of aliphatic carboxylic acids is 1. The van der Waals surface area contributed by atoms with Crippen LogP contribution in [-0.4, -0.2) is 11.1 Å². The van der Waals surface area contributed by atoms with E-state index in [1.165, 1.54) is 0 Å². The van der Waals surface area contributed by atoms with Crippen LogP contribution in [0.4, 0.5) is 0 Å². The highest BCUT2D eigenvalue weighted by Gasteiger charge is 2.20. The van der Waals surface area contributed by atoms with Crippen LogP contribution >= 0.6 is 23.2 Å². The normalized spacial score (nSPS) is 11.9. The van der Waals surface area contributed by atoms with Crippen molar-refractivity contribution >= 4 is 29.2 Å². The van der Waals surface area contributed by atoms with Gasteiger partial charge in [0.15, 0.2) is 6.10 Å². The molecular formula is C21H16Cl2O3. The number of hydrogen-bond acceptors (Lipinski definition) is 2. The van der Waals surface area contributed by atoms with E-state index in [2.05, 4.69) is 0 Å². The maximum Gasteiger partial charge on any atom is 0.337 e. The Morgan fingerprint density at radius 1 is 0.808 bits per heavy atom. The number of carbonyl (C=O) groups is 1. The molecule has 0 bridgehead atoms. The van der Waals surface area contributed by atoms with Crippen LogP contribution in [0.15, 0.2) is 72.8 Å². The number of carboxylic acid groups (broad SMARTS) is 1. The first-order chi connectivity index (χ1) is 12.5. The lowest BCUT2D eigenvalue weighted by Gasteiger charge is -2.14. The maximum atomic E-state index is 11.5. The van der Waals surface area contributed by atoms with Gasteiger partial charge in [0.2, 0.25) is 0 Å². The summed E-state index contributed by atoms with van der Waals surface area (Å²) in [6.45, 7) is 0.195. The molecule has 0 spiro atoms. The molecule has 0 heterocycles. The number of benzene rings is 3. The van der Waals surface area contributed by atoms with E-state index < -0.39 is 12.1 Å². The highest BCUT2D eigenvalue weighted by atomic mass is 35.5. The smallest absolute Gasteiger partial charge is 0.337 e. The molecule has 3 nitrogen and oxygen atoms in total. The molecule has 1 N–H and O–H groups in total. The van der Waals surface area contributed by atoms with Gasteiger partial charge in [-0.2, -0.15) is 0 Å². The first-order valence-electron chi connectivity index (χ1n) is 7.98. The van der Waals surface area contributed by atoms with Gasteiger partial charge in [0, 0.05) is 10.0 Å². The van der Waals surface area contributed by atoms with Gasteiger partial charge in [-0.3, -0.25) is 0 Å². The van der Waals surface area contributed by atoms with Crippen molar-refractivity contribution in [2.24, 2.45) is 0 Å². The Morgan fingerprint density at radius 2 is 1.27 bits per heavy atom. The van der Waals surface area contributed by atoms with E-state index in [-0.39, 0.29) is 6.61 Å². The molecule has 1 atom stereocenters. The molecule has 3 aromatic rings. The van der Waals surface area contributed by atoms with Gasteiger partial charge >= 0.3 is 5.97 Å². The average molecular weight is 387 g/mol. The van der Waals surface area contributed by atoms with E-state index in [9.17, 15) is 9.90 Å². The summed E-state index contributed by atoms with van der Waals surface area (Å²) >= 11 is 11.8. The number of carboxylic acids is 1. The molecule has 0 aliphatic rings. The minimum Gasteiger partial charge on any atom is -0.479 e. The van der Waals surface area contributed by atoms with E-state index >= 15 is 0 Å². The zero-order chi connectivity index (χ0) is 18.5. The van der Waals surface area contributed by atoms with Crippen molar-refractivity contribution < 1.29 is 14.6 Å². The molecule has 0 fully saturated rings. The number of hydrogen-bond donors (Lipinski definition) is 1. The topological polar surface area (TPSA) is 46.5 Å². The largest absolute Gasteiger partial charge is 0.479 e. The van der Waals surface area contributed by atoms with Gasteiger partial charge in [-0.1, -0.05) is 71.7 Å². The van der Waals surface area contributed by atoms with Crippen LogP contribution < -0.4 is 0 Å². The first kappa shape index (κ1) is 18.5. The predicted octanol–water partition coefficient (Wildman–Crippen LogP) is 6.00. The quantitative estimate of drug-likeness (QED) is 0.564. The second-order valence-corrected chi connectivity index (χ2v) is 6.66. The Kier molecular flexibility index (Phi) is 5.94. The molecule has 132 valence electrons. The van der Waals surface area contributed by atoms with Crippen molar-refractivity contribution in [2.75, 3.05) is 0 Å². The van der Waals surface area contributed by atoms with E-state index in [1.807, 2.05) is 48.5 Å². The second-order valence-electron chi connectivity index (χ2n) is 5.78. The summed E-state index contributed by atoms with van der Waals surface area (Å²) in [4.78, 5) is 11.5. The van der Waals surface area contributed by atoms with Crippen molar-refractivity contribution in [1.29, 1.82) is 0 Å². The first-order valence-corrected chi connectivity index (χ1v) is 8.73. The van der Waals surface area contributed by atoms with Crippen LogP contribution in [0.3, 0.4) is 0 Å². The van der Waals surface area contributed by atoms with Crippen molar-refractivity contribution in [3.8, 4) is 11.1 Å². The third kappa shape index (κ3) is 4.64. The fraction of sp³-hybridized carbons (Fsp3) is 0.0952. The summed E-state index contributed by atoms with van der Waals surface area (Å²) in [6, 6.07) is 22.0. The standard InChI is InChI=1S/C21H16Cl2O3/c22-18-9-5-16(6-10-18)15-3-1-14(2-4-15)13-26-20(21(24)25)17-7-11-19(23)12-8-17/h1-12,20H,13H2,(H,24,25). The lowest BCUT2D eigenvalue weighted by Crippen LogP contribution is -2.15. The van der Waals surface area contributed by atoms with Crippen molar-refractivity contribution in [3.05, 3.63) is 94.0 Å². The molecule has 3 rings (SSSR count). The summed E-state index contributed by atoms with van der Waals surface area (Å²) < 4.78 is 5.62. The zero-order valence-electron chi connectivity index (χ0n) is 13.7. The molecule has 0 radical (unpaired) electrons. The van der Waals surface area contributed by atoms with E-state index in [0.29, 0.717) is 15.6 Å². The van der Waals surface area contributed by atoms with Gasteiger partial charge < -0.3 is 9.84 Å². The molecule has 3 aromatic carbocycles. The van der Waals surface area contributed by atoms with Crippen molar-refractivity contribution in [2.45, 2.75) is 12.7 Å². The van der Waals surface area contributed by atoms with Gasteiger partial charge in [0.1, 0.15) is 0 Å². The Balaban J connectivity index is 1.69. The lowest BCUT2D eigenvalue weighted by molar-refractivity contribution is -0.151. The molecule has 1 unspecified atom stereocenters. The van der Waals surface area contributed by atoms with Crippen LogP contribution in [0.25, 0.3) is 11.1 Å². The summed E-state index contributed by atoms with van der Waals surface area (Å²) in [7, 11) is 0. The van der Waals surface area contributed by atoms with Crippen molar-refractivity contribution in [3.63, 3.8) is 0 Å². The minimum absolute atomic E-state index is 0.195. The molecule has 0 saturated carbocycles. The molecule has 0 aromatic heterocycles. The molecule has 0 aliphatic heterocycles. The molecule has 0 saturated heterocycles. The van der Waals surface area contributed by atoms with Crippen LogP contribution in [-0.2, 0) is 16.1 Å². The lowest BCUT2D eigenvalue weighted by atomic mass is 10.0. The Bertz CT molecular complexity index is 873. The zero-order valence-corrected chi connectivity index (χ0v) is 15.2. The Morgan fingerprint density at radius 3 is 1.77 bits per heavy atom. The van der Waals surface area contributed by atoms with Gasteiger partial charge in [-0.15, -0.1) is 0 Å². The van der Waals surface area contributed by atoms with Crippen molar-refractivity contribution in [1.82, 2.24) is 0 Å². The van der Waals surface area contributed by atoms with Gasteiger partial charge in [0.25, 0.3) is 0 Å². The fourth-order valence-corrected chi connectivity index (χ4v) is 2.81. The maximum absolute atomic E-state index is 11.5. The van der Waals surface area contributed by atoms with Crippen LogP contribution in [0.5, 0.6) is 0 Å². The van der Waals surface area contributed by atoms with Crippen LogP contribution in [0.2, 0.25) is 10.0 Å². The average Bonchev–Trinajstić information content (AvgIpc) is 2.64. The molecular weight excluding hydrogens is 371 g/mol. The molecule has 26 heavy (non-hydrogen) atoms. The molecule has 0 amide bonds. The van der Waals surface area contributed by atoms with Gasteiger partial charge in [0.05, 0.1) is 6.61 Å². The van der Waals surface area contributed by atoms with Gasteiger partial charge in [-0.25, -0.2) is 4.79 Å². The second kappa shape index (κ2) is 8.37. The highest BCUT2D eigenvalue weighted by molar-refractivity contribution is 6.30. The van der Waals surface area contributed by atoms with Crippen LogP contribution in [0.1, 0.15) is 17.2 Å². The number of rotatable bonds is 6. The summed E-state index contributed by atoms with van der Waals surface area (Å²) in [5, 5.41) is 10.7. The summed E-state index contributed by atoms with van der Waals surface area (Å²) in [6.07, 6.45) is -1.04.